The van der Waals surface area contributed by atoms with E-state index in [4.69, 9.17) is 4.74 Å². The van der Waals surface area contributed by atoms with E-state index < -0.39 is 0 Å². The van der Waals surface area contributed by atoms with Gasteiger partial charge in [0, 0.05) is 6.61 Å². The van der Waals surface area contributed by atoms with Gasteiger partial charge in [0.25, 0.3) is 0 Å². The third kappa shape index (κ3) is 3.52. The third-order valence-electron chi connectivity index (χ3n) is 5.66. The molecular formula is C17H32O2. The van der Waals surface area contributed by atoms with Gasteiger partial charge in [0.1, 0.15) is 0 Å². The second kappa shape index (κ2) is 6.58. The van der Waals surface area contributed by atoms with Crippen molar-refractivity contribution in [2.24, 2.45) is 5.41 Å². The summed E-state index contributed by atoms with van der Waals surface area (Å²) in [6.07, 6.45) is 13.9. The molecule has 0 amide bonds. The lowest BCUT2D eigenvalue weighted by atomic mass is 9.76. The fraction of sp³-hybridized carbons (Fsp3) is 1.00. The maximum Gasteiger partial charge on any atom is 0.0687 e. The highest BCUT2D eigenvalue weighted by atomic mass is 16.5. The van der Waals surface area contributed by atoms with Gasteiger partial charge in [0.2, 0.25) is 0 Å². The van der Waals surface area contributed by atoms with Crippen molar-refractivity contribution in [2.45, 2.75) is 96.2 Å². The molecule has 0 aromatic rings. The first kappa shape index (κ1) is 15.3. The summed E-state index contributed by atoms with van der Waals surface area (Å²) in [5.74, 6) is 0. The molecule has 19 heavy (non-hydrogen) atoms. The van der Waals surface area contributed by atoms with Crippen LogP contribution in [0.2, 0.25) is 0 Å². The van der Waals surface area contributed by atoms with Crippen molar-refractivity contribution in [1.82, 2.24) is 0 Å². The predicted octanol–water partition coefficient (Wildman–Crippen LogP) is 4.45. The van der Waals surface area contributed by atoms with Crippen LogP contribution in [-0.4, -0.2) is 23.4 Å². The summed E-state index contributed by atoms with van der Waals surface area (Å²) in [7, 11) is 0. The van der Waals surface area contributed by atoms with Crippen LogP contribution in [0.1, 0.15) is 84.5 Å². The van der Waals surface area contributed by atoms with Crippen molar-refractivity contribution in [3.8, 4) is 0 Å². The van der Waals surface area contributed by atoms with Gasteiger partial charge in [0.15, 0.2) is 0 Å². The SMILES string of the molecule is CCCCC(CC)(CO)CC1CCC2(CCCC2)O1. The van der Waals surface area contributed by atoms with Gasteiger partial charge >= 0.3 is 0 Å². The molecule has 1 aliphatic carbocycles. The standard InChI is InChI=1S/C17H32O2/c1-3-5-9-16(4-2,14-18)13-15-8-12-17(19-15)10-6-7-11-17/h15,18H,3-14H2,1-2H3. The molecule has 2 fully saturated rings. The Hall–Kier alpha value is -0.0800. The minimum Gasteiger partial charge on any atom is -0.396 e. The van der Waals surface area contributed by atoms with Crippen LogP contribution in [0, 0.1) is 5.41 Å². The van der Waals surface area contributed by atoms with Gasteiger partial charge in [-0.2, -0.15) is 0 Å². The highest BCUT2D eigenvalue weighted by Crippen LogP contribution is 2.46. The molecule has 0 radical (unpaired) electrons. The minimum absolute atomic E-state index is 0.116. The average molecular weight is 268 g/mol. The highest BCUT2D eigenvalue weighted by Gasteiger charge is 2.44. The quantitative estimate of drug-likeness (QED) is 0.739. The van der Waals surface area contributed by atoms with Gasteiger partial charge in [-0.3, -0.25) is 0 Å². The van der Waals surface area contributed by atoms with Crippen molar-refractivity contribution in [3.63, 3.8) is 0 Å². The molecule has 1 N–H and O–H groups in total. The second-order valence-corrected chi connectivity index (χ2v) is 6.99. The molecule has 0 aromatic carbocycles. The zero-order valence-electron chi connectivity index (χ0n) is 12.9. The van der Waals surface area contributed by atoms with Crippen molar-refractivity contribution in [3.05, 3.63) is 0 Å². The molecule has 1 spiro atoms. The number of unbranched alkanes of at least 4 members (excludes halogenated alkanes) is 1. The first-order chi connectivity index (χ1) is 9.17. The Morgan fingerprint density at radius 1 is 1.21 bits per heavy atom. The number of rotatable bonds is 7. The van der Waals surface area contributed by atoms with Crippen LogP contribution >= 0.6 is 0 Å². The van der Waals surface area contributed by atoms with Gasteiger partial charge < -0.3 is 9.84 Å². The zero-order valence-corrected chi connectivity index (χ0v) is 12.9. The summed E-state index contributed by atoms with van der Waals surface area (Å²) >= 11 is 0. The first-order valence-electron chi connectivity index (χ1n) is 8.46. The number of aliphatic hydroxyl groups excluding tert-OH is 1. The second-order valence-electron chi connectivity index (χ2n) is 6.99. The van der Waals surface area contributed by atoms with Crippen LogP contribution in [0.4, 0.5) is 0 Å². The van der Waals surface area contributed by atoms with E-state index in [1.807, 2.05) is 0 Å². The van der Waals surface area contributed by atoms with E-state index in [1.165, 1.54) is 51.4 Å². The van der Waals surface area contributed by atoms with Crippen molar-refractivity contribution in [2.75, 3.05) is 6.61 Å². The Kier molecular flexibility index (Phi) is 5.30. The fourth-order valence-corrected chi connectivity index (χ4v) is 4.14. The van der Waals surface area contributed by atoms with E-state index in [9.17, 15) is 5.11 Å². The highest BCUT2D eigenvalue weighted by molar-refractivity contribution is 4.94. The number of aliphatic hydroxyl groups is 1. The fourth-order valence-electron chi connectivity index (χ4n) is 4.14. The first-order valence-corrected chi connectivity index (χ1v) is 8.46. The van der Waals surface area contributed by atoms with Crippen LogP contribution in [0.25, 0.3) is 0 Å². The van der Waals surface area contributed by atoms with Gasteiger partial charge in [-0.15, -0.1) is 0 Å². The summed E-state index contributed by atoms with van der Waals surface area (Å²) in [5.41, 5.74) is 0.356. The van der Waals surface area contributed by atoms with Gasteiger partial charge in [0.05, 0.1) is 11.7 Å². The average Bonchev–Trinajstić information content (AvgIpc) is 3.05. The Morgan fingerprint density at radius 2 is 1.95 bits per heavy atom. The lowest BCUT2D eigenvalue weighted by molar-refractivity contribution is -0.0622. The smallest absolute Gasteiger partial charge is 0.0687 e. The molecule has 1 saturated carbocycles. The molecule has 2 unspecified atom stereocenters. The molecule has 2 atom stereocenters. The molecule has 1 aliphatic heterocycles. The molecule has 1 saturated heterocycles. The van der Waals surface area contributed by atoms with E-state index in [1.54, 1.807) is 0 Å². The van der Waals surface area contributed by atoms with Gasteiger partial charge in [-0.25, -0.2) is 0 Å². The Bertz CT molecular complexity index is 264. The molecular weight excluding hydrogens is 236 g/mol. The lowest BCUT2D eigenvalue weighted by Gasteiger charge is -2.34. The summed E-state index contributed by atoms with van der Waals surface area (Å²) < 4.78 is 6.44. The third-order valence-corrected chi connectivity index (χ3v) is 5.66. The summed E-state index contributed by atoms with van der Waals surface area (Å²) in [6.45, 7) is 4.79. The minimum atomic E-state index is 0.116. The van der Waals surface area contributed by atoms with Gasteiger partial charge in [-0.1, -0.05) is 39.5 Å². The maximum absolute atomic E-state index is 9.86. The van der Waals surface area contributed by atoms with E-state index in [2.05, 4.69) is 13.8 Å². The van der Waals surface area contributed by atoms with Crippen LogP contribution in [0.5, 0.6) is 0 Å². The van der Waals surface area contributed by atoms with Crippen LogP contribution in [0.15, 0.2) is 0 Å². The molecule has 1 heterocycles. The normalized spacial score (nSPS) is 28.9. The monoisotopic (exact) mass is 268 g/mol. The maximum atomic E-state index is 9.86. The molecule has 0 aromatic heterocycles. The Morgan fingerprint density at radius 3 is 2.53 bits per heavy atom. The van der Waals surface area contributed by atoms with Crippen molar-refractivity contribution in [1.29, 1.82) is 0 Å². The topological polar surface area (TPSA) is 29.5 Å². The molecule has 2 nitrogen and oxygen atoms in total. The Balaban J connectivity index is 1.90. The van der Waals surface area contributed by atoms with Crippen LogP contribution < -0.4 is 0 Å². The number of hydrogen-bond acceptors (Lipinski definition) is 2. The van der Waals surface area contributed by atoms with Crippen LogP contribution in [-0.2, 0) is 4.74 Å². The molecule has 112 valence electrons. The largest absolute Gasteiger partial charge is 0.396 e. The molecule has 2 rings (SSSR count). The van der Waals surface area contributed by atoms with Crippen LogP contribution in [0.3, 0.4) is 0 Å². The summed E-state index contributed by atoms with van der Waals surface area (Å²) in [5, 5.41) is 9.86. The molecule has 0 bridgehead atoms. The predicted molar refractivity (Wildman–Crippen MR) is 79.3 cm³/mol. The van der Waals surface area contributed by atoms with E-state index in [0.29, 0.717) is 12.7 Å². The number of hydrogen-bond donors (Lipinski definition) is 1. The summed E-state index contributed by atoms with van der Waals surface area (Å²) in [4.78, 5) is 0. The van der Waals surface area contributed by atoms with Gasteiger partial charge in [-0.05, 0) is 50.4 Å². The van der Waals surface area contributed by atoms with E-state index in [-0.39, 0.29) is 11.0 Å². The lowest BCUT2D eigenvalue weighted by Crippen LogP contribution is -2.32. The number of ether oxygens (including phenoxy) is 1. The van der Waals surface area contributed by atoms with Crippen molar-refractivity contribution >= 4 is 0 Å². The van der Waals surface area contributed by atoms with E-state index >= 15 is 0 Å². The zero-order chi connectivity index (χ0) is 13.8. The summed E-state index contributed by atoms with van der Waals surface area (Å²) in [6, 6.07) is 0. The molecule has 2 heteroatoms. The Labute approximate surface area is 118 Å². The van der Waals surface area contributed by atoms with E-state index in [0.717, 1.165) is 19.3 Å². The molecule has 2 aliphatic rings. The van der Waals surface area contributed by atoms with Crippen molar-refractivity contribution < 1.29 is 9.84 Å².